The molecule has 3 rings (SSSR count). The standard InChI is InChI=1S/C17H18F2N6/c1-9-6-17(25-24-9)23-16-8-15(21-11(3)22-16)20-10(2)13-5-4-12(18)7-14(13)19/h4-8,10H,1-3H3,(H3,20,21,22,23,24,25). The number of aromatic nitrogens is 4. The van der Waals surface area contributed by atoms with Crippen molar-refractivity contribution in [2.75, 3.05) is 10.6 Å². The molecule has 0 bridgehead atoms. The quantitative estimate of drug-likeness (QED) is 0.652. The Morgan fingerprint density at radius 2 is 1.76 bits per heavy atom. The monoisotopic (exact) mass is 344 g/mol. The Labute approximate surface area is 143 Å². The second kappa shape index (κ2) is 6.84. The lowest BCUT2D eigenvalue weighted by molar-refractivity contribution is 0.566. The summed E-state index contributed by atoms with van der Waals surface area (Å²) in [6, 6.07) is 6.67. The maximum Gasteiger partial charge on any atom is 0.153 e. The molecule has 0 amide bonds. The van der Waals surface area contributed by atoms with E-state index in [0.717, 1.165) is 11.8 Å². The van der Waals surface area contributed by atoms with Gasteiger partial charge in [-0.05, 0) is 26.8 Å². The van der Waals surface area contributed by atoms with Crippen LogP contribution in [0.15, 0.2) is 30.3 Å². The van der Waals surface area contributed by atoms with E-state index in [1.165, 1.54) is 12.1 Å². The molecule has 0 radical (unpaired) electrons. The van der Waals surface area contributed by atoms with Crippen molar-refractivity contribution >= 4 is 17.5 Å². The maximum atomic E-state index is 13.9. The Balaban J connectivity index is 1.80. The molecule has 8 heteroatoms. The summed E-state index contributed by atoms with van der Waals surface area (Å²) in [6.07, 6.45) is 0. The first-order valence-corrected chi connectivity index (χ1v) is 7.77. The van der Waals surface area contributed by atoms with E-state index in [2.05, 4.69) is 30.8 Å². The number of halogens is 2. The first-order valence-electron chi connectivity index (χ1n) is 7.77. The van der Waals surface area contributed by atoms with Crippen molar-refractivity contribution in [3.63, 3.8) is 0 Å². The number of hydrogen-bond donors (Lipinski definition) is 3. The zero-order chi connectivity index (χ0) is 18.0. The summed E-state index contributed by atoms with van der Waals surface area (Å²) in [4.78, 5) is 8.61. The lowest BCUT2D eigenvalue weighted by Crippen LogP contribution is -2.11. The summed E-state index contributed by atoms with van der Waals surface area (Å²) in [6.45, 7) is 5.43. The van der Waals surface area contributed by atoms with Crippen molar-refractivity contribution in [1.82, 2.24) is 20.2 Å². The predicted octanol–water partition coefficient (Wildman–Crippen LogP) is 4.01. The van der Waals surface area contributed by atoms with Crippen molar-refractivity contribution in [1.29, 1.82) is 0 Å². The molecule has 0 fully saturated rings. The van der Waals surface area contributed by atoms with Gasteiger partial charge in [-0.2, -0.15) is 5.10 Å². The van der Waals surface area contributed by atoms with Crippen LogP contribution in [-0.2, 0) is 0 Å². The van der Waals surface area contributed by atoms with Gasteiger partial charge in [0.05, 0.1) is 6.04 Å². The maximum absolute atomic E-state index is 13.9. The summed E-state index contributed by atoms with van der Waals surface area (Å²) in [5, 5.41) is 13.1. The average Bonchev–Trinajstić information content (AvgIpc) is 2.91. The molecule has 0 aliphatic heterocycles. The average molecular weight is 344 g/mol. The van der Waals surface area contributed by atoms with Crippen molar-refractivity contribution in [3.8, 4) is 0 Å². The zero-order valence-corrected chi connectivity index (χ0v) is 14.1. The van der Waals surface area contributed by atoms with Gasteiger partial charge in [0.25, 0.3) is 0 Å². The second-order valence-electron chi connectivity index (χ2n) is 5.78. The van der Waals surface area contributed by atoms with Crippen LogP contribution >= 0.6 is 0 Å². The molecule has 2 heterocycles. The summed E-state index contributed by atoms with van der Waals surface area (Å²) >= 11 is 0. The van der Waals surface area contributed by atoms with E-state index in [0.29, 0.717) is 28.8 Å². The molecular weight excluding hydrogens is 326 g/mol. The fraction of sp³-hybridized carbons (Fsp3) is 0.235. The molecule has 0 aliphatic rings. The Morgan fingerprint density at radius 1 is 1.00 bits per heavy atom. The van der Waals surface area contributed by atoms with E-state index >= 15 is 0 Å². The molecule has 0 saturated carbocycles. The van der Waals surface area contributed by atoms with Gasteiger partial charge in [0.2, 0.25) is 0 Å². The molecule has 25 heavy (non-hydrogen) atoms. The molecule has 1 atom stereocenters. The van der Waals surface area contributed by atoms with Gasteiger partial charge in [0.15, 0.2) is 5.82 Å². The number of hydrogen-bond acceptors (Lipinski definition) is 5. The molecule has 3 aromatic rings. The molecule has 0 spiro atoms. The van der Waals surface area contributed by atoms with Gasteiger partial charge in [-0.25, -0.2) is 18.7 Å². The highest BCUT2D eigenvalue weighted by molar-refractivity contribution is 5.56. The highest BCUT2D eigenvalue weighted by Crippen LogP contribution is 2.23. The Morgan fingerprint density at radius 3 is 2.44 bits per heavy atom. The van der Waals surface area contributed by atoms with E-state index in [4.69, 9.17) is 0 Å². The summed E-state index contributed by atoms with van der Waals surface area (Å²) in [5.74, 6) is 1.07. The van der Waals surface area contributed by atoms with Crippen LogP contribution in [-0.4, -0.2) is 20.2 Å². The van der Waals surface area contributed by atoms with Gasteiger partial charge in [-0.15, -0.1) is 0 Å². The fourth-order valence-corrected chi connectivity index (χ4v) is 2.47. The lowest BCUT2D eigenvalue weighted by Gasteiger charge is -2.16. The van der Waals surface area contributed by atoms with Gasteiger partial charge >= 0.3 is 0 Å². The minimum atomic E-state index is -0.605. The first kappa shape index (κ1) is 16.8. The molecule has 3 N–H and O–H groups in total. The molecule has 1 unspecified atom stereocenters. The van der Waals surface area contributed by atoms with Crippen LogP contribution in [0.2, 0.25) is 0 Å². The normalized spacial score (nSPS) is 12.0. The largest absolute Gasteiger partial charge is 0.363 e. The zero-order valence-electron chi connectivity index (χ0n) is 14.1. The number of aromatic amines is 1. The highest BCUT2D eigenvalue weighted by atomic mass is 19.1. The van der Waals surface area contributed by atoms with E-state index in [1.807, 2.05) is 13.0 Å². The lowest BCUT2D eigenvalue weighted by atomic mass is 10.1. The van der Waals surface area contributed by atoms with Gasteiger partial charge in [-0.1, -0.05) is 6.07 Å². The first-order chi connectivity index (χ1) is 11.9. The predicted molar refractivity (Wildman–Crippen MR) is 91.8 cm³/mol. The van der Waals surface area contributed by atoms with Crippen LogP contribution in [0.4, 0.5) is 26.2 Å². The van der Waals surface area contributed by atoms with E-state index in [-0.39, 0.29) is 0 Å². The van der Waals surface area contributed by atoms with Crippen LogP contribution in [0.25, 0.3) is 0 Å². The van der Waals surface area contributed by atoms with Crippen LogP contribution in [0.1, 0.15) is 30.0 Å². The van der Waals surface area contributed by atoms with Gasteiger partial charge in [0.1, 0.15) is 29.1 Å². The fourth-order valence-electron chi connectivity index (χ4n) is 2.47. The van der Waals surface area contributed by atoms with Crippen molar-refractivity contribution in [3.05, 3.63) is 59.0 Å². The molecule has 1 aromatic carbocycles. The van der Waals surface area contributed by atoms with Crippen molar-refractivity contribution in [2.24, 2.45) is 0 Å². The minimum absolute atomic E-state index is 0.357. The van der Waals surface area contributed by atoms with Crippen LogP contribution < -0.4 is 10.6 Å². The number of nitrogens with zero attached hydrogens (tertiary/aromatic N) is 3. The van der Waals surface area contributed by atoms with Gasteiger partial charge in [-0.3, -0.25) is 5.10 Å². The Hall–Kier alpha value is -3.03. The second-order valence-corrected chi connectivity index (χ2v) is 5.78. The molecule has 130 valence electrons. The minimum Gasteiger partial charge on any atom is -0.363 e. The number of benzene rings is 1. The van der Waals surface area contributed by atoms with Crippen LogP contribution in [0.3, 0.4) is 0 Å². The smallest absolute Gasteiger partial charge is 0.153 e. The molecule has 6 nitrogen and oxygen atoms in total. The van der Waals surface area contributed by atoms with Gasteiger partial charge in [0, 0.05) is 29.5 Å². The van der Waals surface area contributed by atoms with Crippen LogP contribution in [0.5, 0.6) is 0 Å². The summed E-state index contributed by atoms with van der Waals surface area (Å²) < 4.78 is 27.0. The molecular formula is C17H18F2N6. The number of rotatable bonds is 5. The number of H-pyrrole nitrogens is 1. The third-order valence-electron chi connectivity index (χ3n) is 3.59. The van der Waals surface area contributed by atoms with Gasteiger partial charge < -0.3 is 10.6 Å². The van der Waals surface area contributed by atoms with Crippen LogP contribution in [0, 0.1) is 25.5 Å². The molecule has 0 aliphatic carbocycles. The molecule has 2 aromatic heterocycles. The highest BCUT2D eigenvalue weighted by Gasteiger charge is 2.13. The SMILES string of the molecule is Cc1nc(Nc2cc(C)[nH]n2)cc(NC(C)c2ccc(F)cc2F)n1. The van der Waals surface area contributed by atoms with Crippen molar-refractivity contribution in [2.45, 2.75) is 26.8 Å². The number of nitrogens with one attached hydrogen (secondary N) is 3. The molecule has 0 saturated heterocycles. The van der Waals surface area contributed by atoms with E-state index in [9.17, 15) is 8.78 Å². The van der Waals surface area contributed by atoms with E-state index < -0.39 is 17.7 Å². The number of aryl methyl sites for hydroxylation is 2. The Kier molecular flexibility index (Phi) is 4.60. The third-order valence-corrected chi connectivity index (χ3v) is 3.59. The van der Waals surface area contributed by atoms with E-state index in [1.54, 1.807) is 19.9 Å². The topological polar surface area (TPSA) is 78.5 Å². The van der Waals surface area contributed by atoms with Crippen molar-refractivity contribution < 1.29 is 8.78 Å². The third kappa shape index (κ3) is 4.09. The Bertz CT molecular complexity index is 893. The summed E-state index contributed by atoms with van der Waals surface area (Å²) in [7, 11) is 0. The number of anilines is 3. The summed E-state index contributed by atoms with van der Waals surface area (Å²) in [5.41, 5.74) is 1.28.